The number of carbonyl (C=O) groups is 1. The van der Waals surface area contributed by atoms with Gasteiger partial charge in [-0.3, -0.25) is 9.69 Å². The minimum atomic E-state index is 0.140. The Kier molecular flexibility index (Phi) is 3.84. The minimum Gasteiger partial charge on any atom is -0.360 e. The summed E-state index contributed by atoms with van der Waals surface area (Å²) in [6.45, 7) is 5.96. The Morgan fingerprint density at radius 2 is 2.20 bits per heavy atom. The summed E-state index contributed by atoms with van der Waals surface area (Å²) < 4.78 is 5.23. The van der Waals surface area contributed by atoms with E-state index in [2.05, 4.69) is 10.1 Å². The van der Waals surface area contributed by atoms with E-state index in [1.165, 1.54) is 0 Å². The summed E-state index contributed by atoms with van der Waals surface area (Å²) in [7, 11) is 0. The second-order valence-corrected chi connectivity index (χ2v) is 5.80. The Hall–Kier alpha value is -1.66. The van der Waals surface area contributed by atoms with Crippen molar-refractivity contribution in [3.63, 3.8) is 0 Å². The number of thiophene rings is 1. The molecule has 0 bridgehead atoms. The molecule has 1 fully saturated rings. The van der Waals surface area contributed by atoms with E-state index in [-0.39, 0.29) is 5.91 Å². The van der Waals surface area contributed by atoms with Gasteiger partial charge < -0.3 is 9.42 Å². The van der Waals surface area contributed by atoms with Crippen molar-refractivity contribution < 1.29 is 9.32 Å². The number of aryl methyl sites for hydroxylation is 1. The maximum atomic E-state index is 12.2. The van der Waals surface area contributed by atoms with Gasteiger partial charge in [0.05, 0.1) is 17.8 Å². The van der Waals surface area contributed by atoms with Gasteiger partial charge in [-0.15, -0.1) is 0 Å². The molecule has 0 N–H and O–H groups in total. The summed E-state index contributed by atoms with van der Waals surface area (Å²) in [5, 5.41) is 7.74. The molecule has 6 heteroatoms. The zero-order valence-corrected chi connectivity index (χ0v) is 12.2. The fourth-order valence-electron chi connectivity index (χ4n) is 2.39. The molecule has 0 spiro atoms. The number of piperazine rings is 1. The molecule has 106 valence electrons. The largest absolute Gasteiger partial charge is 0.360 e. The lowest BCUT2D eigenvalue weighted by atomic mass is 10.2. The first-order valence-corrected chi connectivity index (χ1v) is 7.62. The van der Waals surface area contributed by atoms with Crippen LogP contribution in [0.3, 0.4) is 0 Å². The average molecular weight is 291 g/mol. The van der Waals surface area contributed by atoms with E-state index in [0.717, 1.165) is 49.7 Å². The van der Waals surface area contributed by atoms with Crippen molar-refractivity contribution in [1.82, 2.24) is 15.0 Å². The zero-order chi connectivity index (χ0) is 13.9. The first-order valence-electron chi connectivity index (χ1n) is 6.68. The molecular formula is C14H17N3O2S. The normalized spacial score (nSPS) is 16.6. The SMILES string of the molecule is Cc1cc(CN2CCN(C(=O)c3ccsc3)CC2)on1. The molecule has 3 heterocycles. The van der Waals surface area contributed by atoms with Crippen LogP contribution in [0.25, 0.3) is 0 Å². The van der Waals surface area contributed by atoms with Gasteiger partial charge in [0.1, 0.15) is 0 Å². The monoisotopic (exact) mass is 291 g/mol. The lowest BCUT2D eigenvalue weighted by molar-refractivity contribution is 0.0618. The third-order valence-corrected chi connectivity index (χ3v) is 4.17. The molecule has 20 heavy (non-hydrogen) atoms. The number of hydrogen-bond acceptors (Lipinski definition) is 5. The Morgan fingerprint density at radius 3 is 2.80 bits per heavy atom. The van der Waals surface area contributed by atoms with Crippen LogP contribution in [0, 0.1) is 6.92 Å². The van der Waals surface area contributed by atoms with Crippen LogP contribution in [0.1, 0.15) is 21.8 Å². The van der Waals surface area contributed by atoms with Gasteiger partial charge in [0.2, 0.25) is 0 Å². The fourth-order valence-corrected chi connectivity index (χ4v) is 3.02. The Labute approximate surface area is 121 Å². The van der Waals surface area contributed by atoms with Gasteiger partial charge in [-0.05, 0) is 18.4 Å². The van der Waals surface area contributed by atoms with E-state index in [1.54, 1.807) is 11.3 Å². The summed E-state index contributed by atoms with van der Waals surface area (Å²) >= 11 is 1.56. The van der Waals surface area contributed by atoms with Crippen LogP contribution in [0.2, 0.25) is 0 Å². The zero-order valence-electron chi connectivity index (χ0n) is 11.4. The fraction of sp³-hybridized carbons (Fsp3) is 0.429. The highest BCUT2D eigenvalue weighted by Crippen LogP contribution is 2.13. The predicted octanol–water partition coefficient (Wildman–Crippen LogP) is 2.00. The molecule has 0 atom stereocenters. The number of carbonyl (C=O) groups excluding carboxylic acids is 1. The van der Waals surface area contributed by atoms with E-state index in [4.69, 9.17) is 4.52 Å². The van der Waals surface area contributed by atoms with Crippen LogP contribution in [-0.2, 0) is 6.54 Å². The molecule has 3 rings (SSSR count). The second kappa shape index (κ2) is 5.76. The summed E-state index contributed by atoms with van der Waals surface area (Å²) in [6.07, 6.45) is 0. The molecule has 0 unspecified atom stereocenters. The molecule has 0 aromatic carbocycles. The van der Waals surface area contributed by atoms with Crippen LogP contribution in [0.15, 0.2) is 27.4 Å². The van der Waals surface area contributed by atoms with Crippen LogP contribution in [0.4, 0.5) is 0 Å². The van der Waals surface area contributed by atoms with Gasteiger partial charge in [0.25, 0.3) is 5.91 Å². The number of amides is 1. The van der Waals surface area contributed by atoms with E-state index >= 15 is 0 Å². The molecule has 1 aliphatic heterocycles. The third kappa shape index (κ3) is 2.91. The van der Waals surface area contributed by atoms with Crippen LogP contribution >= 0.6 is 11.3 Å². The number of rotatable bonds is 3. The van der Waals surface area contributed by atoms with Gasteiger partial charge in [0.15, 0.2) is 5.76 Å². The average Bonchev–Trinajstić information content (AvgIpc) is 3.11. The van der Waals surface area contributed by atoms with Crippen LogP contribution in [-0.4, -0.2) is 47.0 Å². The van der Waals surface area contributed by atoms with E-state index in [9.17, 15) is 4.79 Å². The number of aromatic nitrogens is 1. The standard InChI is InChI=1S/C14H17N3O2S/c1-11-8-13(19-15-11)9-16-3-5-17(6-4-16)14(18)12-2-7-20-10-12/h2,7-8,10H,3-6,9H2,1H3. The van der Waals surface area contributed by atoms with Crippen molar-refractivity contribution in [1.29, 1.82) is 0 Å². The first-order chi connectivity index (χ1) is 9.72. The van der Waals surface area contributed by atoms with Crippen molar-refractivity contribution >= 4 is 17.2 Å². The maximum absolute atomic E-state index is 12.2. The lowest BCUT2D eigenvalue weighted by Gasteiger charge is -2.34. The number of hydrogen-bond donors (Lipinski definition) is 0. The molecule has 2 aromatic heterocycles. The highest BCUT2D eigenvalue weighted by atomic mass is 32.1. The molecule has 5 nitrogen and oxygen atoms in total. The Bertz CT molecular complexity index is 571. The molecule has 1 amide bonds. The van der Waals surface area contributed by atoms with E-state index in [0.29, 0.717) is 0 Å². The third-order valence-electron chi connectivity index (χ3n) is 3.48. The number of nitrogens with zero attached hydrogens (tertiary/aromatic N) is 3. The van der Waals surface area contributed by atoms with Crippen molar-refractivity contribution in [2.45, 2.75) is 13.5 Å². The maximum Gasteiger partial charge on any atom is 0.254 e. The van der Waals surface area contributed by atoms with Gasteiger partial charge in [-0.25, -0.2) is 0 Å². The van der Waals surface area contributed by atoms with Crippen molar-refractivity contribution in [2.75, 3.05) is 26.2 Å². The predicted molar refractivity (Wildman–Crippen MR) is 76.7 cm³/mol. The van der Waals surface area contributed by atoms with Crippen LogP contribution < -0.4 is 0 Å². The van der Waals surface area contributed by atoms with Crippen molar-refractivity contribution in [2.24, 2.45) is 0 Å². The minimum absolute atomic E-state index is 0.140. The van der Waals surface area contributed by atoms with Gasteiger partial charge in [-0.1, -0.05) is 5.16 Å². The quantitative estimate of drug-likeness (QED) is 0.868. The molecule has 1 saturated heterocycles. The molecular weight excluding hydrogens is 274 g/mol. The van der Waals surface area contributed by atoms with Gasteiger partial charge >= 0.3 is 0 Å². The highest BCUT2D eigenvalue weighted by molar-refractivity contribution is 7.08. The second-order valence-electron chi connectivity index (χ2n) is 5.01. The van der Waals surface area contributed by atoms with E-state index < -0.39 is 0 Å². The summed E-state index contributed by atoms with van der Waals surface area (Å²) in [5.74, 6) is 1.03. The molecule has 0 aliphatic carbocycles. The highest BCUT2D eigenvalue weighted by Gasteiger charge is 2.22. The molecule has 0 saturated carbocycles. The summed E-state index contributed by atoms with van der Waals surface area (Å²) in [5.41, 5.74) is 1.71. The first kappa shape index (κ1) is 13.3. The van der Waals surface area contributed by atoms with Crippen molar-refractivity contribution in [3.8, 4) is 0 Å². The topological polar surface area (TPSA) is 49.6 Å². The smallest absolute Gasteiger partial charge is 0.254 e. The molecule has 1 aliphatic rings. The molecule has 2 aromatic rings. The Balaban J connectivity index is 1.53. The Morgan fingerprint density at radius 1 is 1.40 bits per heavy atom. The van der Waals surface area contributed by atoms with Gasteiger partial charge in [0, 0.05) is 37.6 Å². The summed E-state index contributed by atoms with van der Waals surface area (Å²) in [6, 6.07) is 3.85. The lowest BCUT2D eigenvalue weighted by Crippen LogP contribution is -2.48. The van der Waals surface area contributed by atoms with Crippen molar-refractivity contribution in [3.05, 3.63) is 39.9 Å². The van der Waals surface area contributed by atoms with Crippen LogP contribution in [0.5, 0.6) is 0 Å². The van der Waals surface area contributed by atoms with Gasteiger partial charge in [-0.2, -0.15) is 11.3 Å². The summed E-state index contributed by atoms with van der Waals surface area (Å²) in [4.78, 5) is 16.4. The van der Waals surface area contributed by atoms with E-state index in [1.807, 2.05) is 34.7 Å². The molecule has 0 radical (unpaired) electrons.